The maximum Gasteiger partial charge on any atom is 0.269 e. The molecule has 0 aliphatic rings. The van der Waals surface area contributed by atoms with Crippen molar-refractivity contribution in [2.24, 2.45) is 0 Å². The van der Waals surface area contributed by atoms with E-state index in [1.807, 2.05) is 24.4 Å². The van der Waals surface area contributed by atoms with Crippen LogP contribution in [0.4, 0.5) is 0 Å². The van der Waals surface area contributed by atoms with Gasteiger partial charge in [-0.3, -0.25) is 13.7 Å². The Labute approximate surface area is 367 Å². The molecule has 0 aliphatic heterocycles. The maximum atomic E-state index is 6.77. The van der Waals surface area contributed by atoms with E-state index in [0.717, 1.165) is 67.1 Å². The third-order valence-corrected chi connectivity index (χ3v) is 12.0. The van der Waals surface area contributed by atoms with E-state index in [4.69, 9.17) is 9.72 Å². The molecule has 0 N–H and O–H groups in total. The molecule has 63 heavy (non-hydrogen) atoms. The first kappa shape index (κ1) is 37.9. The fourth-order valence-electron chi connectivity index (χ4n) is 8.90. The second-order valence-corrected chi connectivity index (χ2v) is 17.1. The van der Waals surface area contributed by atoms with Gasteiger partial charge in [0.25, 0.3) is 6.33 Å². The van der Waals surface area contributed by atoms with Crippen molar-refractivity contribution in [2.45, 2.75) is 26.2 Å². The number of hydrogen-bond acceptors (Lipinski definition) is 2. The van der Waals surface area contributed by atoms with Crippen LogP contribution in [0.2, 0.25) is 0 Å². The molecule has 0 saturated heterocycles. The Morgan fingerprint density at radius 3 is 1.90 bits per heavy atom. The predicted molar refractivity (Wildman–Crippen MR) is 257 cm³/mol. The molecule has 5 nitrogen and oxygen atoms in total. The average Bonchev–Trinajstić information content (AvgIpc) is 3.88. The number of rotatable bonds is 8. The van der Waals surface area contributed by atoms with Crippen molar-refractivity contribution in [1.29, 1.82) is 0 Å². The molecule has 11 rings (SSSR count). The van der Waals surface area contributed by atoms with Gasteiger partial charge in [0.05, 0.1) is 33.4 Å². The van der Waals surface area contributed by atoms with Crippen LogP contribution in [0, 0.1) is 6.33 Å². The first-order chi connectivity index (χ1) is 30.9. The Balaban J connectivity index is 1.06. The molecule has 11 aromatic rings. The van der Waals surface area contributed by atoms with E-state index in [-0.39, 0.29) is 5.41 Å². The summed E-state index contributed by atoms with van der Waals surface area (Å²) in [6.07, 6.45) is 5.53. The molecular weight excluding hydrogens is 769 g/mol. The Morgan fingerprint density at radius 1 is 0.508 bits per heavy atom. The molecule has 5 heteroatoms. The number of imidazole rings is 1. The van der Waals surface area contributed by atoms with Gasteiger partial charge in [0, 0.05) is 23.0 Å². The Hall–Kier alpha value is -8.02. The highest BCUT2D eigenvalue weighted by molar-refractivity contribution is 6.11. The lowest BCUT2D eigenvalue weighted by molar-refractivity contribution is -0.572. The molecule has 0 radical (unpaired) electrons. The zero-order valence-electron chi connectivity index (χ0n) is 35.4. The van der Waals surface area contributed by atoms with Gasteiger partial charge < -0.3 is 4.74 Å². The van der Waals surface area contributed by atoms with Gasteiger partial charge in [-0.1, -0.05) is 154 Å². The molecule has 0 atom stereocenters. The van der Waals surface area contributed by atoms with E-state index < -0.39 is 0 Å². The van der Waals surface area contributed by atoms with Gasteiger partial charge in [-0.25, -0.2) is 4.98 Å². The van der Waals surface area contributed by atoms with E-state index in [1.165, 1.54) is 33.4 Å². The Kier molecular flexibility index (Phi) is 9.31. The van der Waals surface area contributed by atoms with E-state index in [0.29, 0.717) is 0 Å². The molecule has 3 heterocycles. The lowest BCUT2D eigenvalue weighted by Crippen LogP contribution is -2.29. The fraction of sp³-hybridized carbons (Fsp3) is 0.0690. The summed E-state index contributed by atoms with van der Waals surface area (Å²) < 4.78 is 13.3. The number of para-hydroxylation sites is 3. The van der Waals surface area contributed by atoms with Crippen molar-refractivity contribution in [3.05, 3.63) is 224 Å². The van der Waals surface area contributed by atoms with Crippen molar-refractivity contribution in [2.75, 3.05) is 0 Å². The molecule has 0 bridgehead atoms. The van der Waals surface area contributed by atoms with Crippen molar-refractivity contribution in [3.8, 4) is 62.1 Å². The molecule has 0 spiro atoms. The second kappa shape index (κ2) is 15.5. The highest BCUT2D eigenvalue weighted by Crippen LogP contribution is 2.43. The topological polar surface area (TPSA) is 35.9 Å². The van der Waals surface area contributed by atoms with Gasteiger partial charge in [0.1, 0.15) is 17.3 Å². The zero-order chi connectivity index (χ0) is 42.5. The quantitative estimate of drug-likeness (QED) is 0.113. The van der Waals surface area contributed by atoms with Crippen LogP contribution < -0.4 is 9.30 Å². The number of hydrogen-bond donors (Lipinski definition) is 0. The maximum absolute atomic E-state index is 6.77. The van der Waals surface area contributed by atoms with Gasteiger partial charge in [-0.15, -0.1) is 0 Å². The van der Waals surface area contributed by atoms with Crippen molar-refractivity contribution < 1.29 is 9.30 Å². The number of nitrogens with zero attached hydrogens (tertiary/aromatic N) is 4. The smallest absolute Gasteiger partial charge is 0.269 e. The monoisotopic (exact) mass is 812 g/mol. The first-order valence-corrected chi connectivity index (χ1v) is 21.5. The molecule has 0 unspecified atom stereocenters. The number of ether oxygens (including phenoxy) is 1. The SMILES string of the molecule is CC(C)(C)c1ccnc(-n2c3ccc(-c4c(-c5ccccc5)cccc4-c4ccccc4)cc3c3ccc(Oc4cccc(-n5[c-][n+](-c6ccccc6)c6ccccc65)c4)cc32)c1. The molecule has 0 amide bonds. The molecule has 0 fully saturated rings. The standard InChI is InChI=1S/C58H44N4O/c1-58(2,3)43-33-34-59-56(36-43)62-52-32-29-42(57-48(40-17-7-4-8-18-40)25-16-26-49(57)41-19-9-5-10-20-41)35-51(52)50-31-30-47(38-55(50)62)63-46-24-15-23-45(37-46)61-39-60(44-21-11-6-12-22-44)53-27-13-14-28-54(53)61/h4-38H,1-3H3. The lowest BCUT2D eigenvalue weighted by atomic mass is 9.87. The fourth-order valence-corrected chi connectivity index (χ4v) is 8.90. The summed E-state index contributed by atoms with van der Waals surface area (Å²) in [6, 6.07) is 72.6. The zero-order valence-corrected chi connectivity index (χ0v) is 35.4. The largest absolute Gasteiger partial charge is 0.458 e. The van der Waals surface area contributed by atoms with Crippen molar-refractivity contribution in [1.82, 2.24) is 14.1 Å². The summed E-state index contributed by atoms with van der Waals surface area (Å²) in [5, 5.41) is 2.26. The third-order valence-electron chi connectivity index (χ3n) is 12.0. The van der Waals surface area contributed by atoms with E-state index in [1.54, 1.807) is 0 Å². The molecular formula is C58H44N4O. The van der Waals surface area contributed by atoms with E-state index in [9.17, 15) is 0 Å². The minimum absolute atomic E-state index is 0.0548. The number of aromatic nitrogens is 4. The Morgan fingerprint density at radius 2 is 1.17 bits per heavy atom. The third kappa shape index (κ3) is 6.94. The second-order valence-electron chi connectivity index (χ2n) is 17.1. The van der Waals surface area contributed by atoms with Crippen LogP contribution in [0.3, 0.4) is 0 Å². The molecule has 302 valence electrons. The molecule has 0 saturated carbocycles. The predicted octanol–water partition coefficient (Wildman–Crippen LogP) is 14.3. The van der Waals surface area contributed by atoms with Crippen molar-refractivity contribution >= 4 is 32.8 Å². The van der Waals surface area contributed by atoms with Crippen LogP contribution in [0.25, 0.3) is 83.4 Å². The minimum Gasteiger partial charge on any atom is -0.458 e. The normalized spacial score (nSPS) is 11.7. The van der Waals surface area contributed by atoms with Crippen molar-refractivity contribution in [3.63, 3.8) is 0 Å². The summed E-state index contributed by atoms with van der Waals surface area (Å²) in [5.41, 5.74) is 14.5. The van der Waals surface area contributed by atoms with Gasteiger partial charge in [0.15, 0.2) is 0 Å². The first-order valence-electron chi connectivity index (χ1n) is 21.5. The van der Waals surface area contributed by atoms with Crippen LogP contribution in [0.1, 0.15) is 26.3 Å². The van der Waals surface area contributed by atoms with Gasteiger partial charge in [-0.05, 0) is 111 Å². The number of fused-ring (bicyclic) bond motifs is 4. The summed E-state index contributed by atoms with van der Waals surface area (Å²) >= 11 is 0. The van der Waals surface area contributed by atoms with Crippen LogP contribution in [-0.4, -0.2) is 14.1 Å². The minimum atomic E-state index is -0.0548. The van der Waals surface area contributed by atoms with Gasteiger partial charge in [0.2, 0.25) is 0 Å². The summed E-state index contributed by atoms with van der Waals surface area (Å²) in [5.74, 6) is 2.33. The Bertz CT molecular complexity index is 3390. The summed E-state index contributed by atoms with van der Waals surface area (Å²) in [4.78, 5) is 5.01. The summed E-state index contributed by atoms with van der Waals surface area (Å²) in [7, 11) is 0. The molecule has 3 aromatic heterocycles. The van der Waals surface area contributed by atoms with Crippen LogP contribution in [0.15, 0.2) is 212 Å². The number of benzene rings is 8. The summed E-state index contributed by atoms with van der Waals surface area (Å²) in [6.45, 7) is 6.73. The molecule has 0 aliphatic carbocycles. The van der Waals surface area contributed by atoms with E-state index >= 15 is 0 Å². The van der Waals surface area contributed by atoms with Crippen LogP contribution >= 0.6 is 0 Å². The molecule has 8 aromatic carbocycles. The van der Waals surface area contributed by atoms with Gasteiger partial charge >= 0.3 is 0 Å². The van der Waals surface area contributed by atoms with Crippen LogP contribution in [-0.2, 0) is 5.41 Å². The van der Waals surface area contributed by atoms with Crippen LogP contribution in [0.5, 0.6) is 11.5 Å². The van der Waals surface area contributed by atoms with E-state index in [2.05, 4.69) is 229 Å². The van der Waals surface area contributed by atoms with Gasteiger partial charge in [-0.2, -0.15) is 0 Å². The number of pyridine rings is 1. The lowest BCUT2D eigenvalue weighted by Gasteiger charge is -2.20. The highest BCUT2D eigenvalue weighted by atomic mass is 16.5. The highest BCUT2D eigenvalue weighted by Gasteiger charge is 2.21. The average molecular weight is 813 g/mol.